The molecule has 0 aliphatic carbocycles. The van der Waals surface area contributed by atoms with Crippen LogP contribution in [0.2, 0.25) is 0 Å². The molecule has 1 atom stereocenters. The van der Waals surface area contributed by atoms with Crippen LogP contribution in [0.4, 0.5) is 0 Å². The number of rotatable bonds is 2. The summed E-state index contributed by atoms with van der Waals surface area (Å²) in [5, 5.41) is 5.80. The van der Waals surface area contributed by atoms with Crippen LogP contribution >= 0.6 is 11.5 Å². The van der Waals surface area contributed by atoms with Crippen LogP contribution in [0.1, 0.15) is 18.5 Å². The minimum absolute atomic E-state index is 0.351. The summed E-state index contributed by atoms with van der Waals surface area (Å²) in [4.78, 5) is 0. The first-order chi connectivity index (χ1) is 4.34. The maximum Gasteiger partial charge on any atom is 0.0796 e. The second-order valence-corrected chi connectivity index (χ2v) is 2.58. The number of nitrogens with two attached hydrogens (primary N) is 1. The van der Waals surface area contributed by atoms with Gasteiger partial charge < -0.3 is 5.73 Å². The van der Waals surface area contributed by atoms with E-state index in [0.29, 0.717) is 12.5 Å². The largest absolute Gasteiger partial charge is 0.330 e. The van der Waals surface area contributed by atoms with E-state index in [9.17, 15) is 0 Å². The highest BCUT2D eigenvalue weighted by molar-refractivity contribution is 7.03. The van der Waals surface area contributed by atoms with Gasteiger partial charge in [0.2, 0.25) is 0 Å². The second kappa shape index (κ2) is 2.89. The van der Waals surface area contributed by atoms with E-state index >= 15 is 0 Å². The zero-order valence-corrected chi connectivity index (χ0v) is 6.06. The summed E-state index contributed by atoms with van der Waals surface area (Å²) in [5.74, 6) is 0.351. The fraction of sp³-hybridized carbons (Fsp3) is 0.600. The molecule has 1 heterocycles. The zero-order chi connectivity index (χ0) is 6.69. The van der Waals surface area contributed by atoms with Crippen LogP contribution in [0.15, 0.2) is 5.38 Å². The Bertz CT molecular complexity index is 161. The smallest absolute Gasteiger partial charge is 0.0796 e. The molecule has 0 amide bonds. The van der Waals surface area contributed by atoms with Crippen LogP contribution in [0.3, 0.4) is 0 Å². The van der Waals surface area contributed by atoms with Crippen molar-refractivity contribution < 1.29 is 0 Å². The van der Waals surface area contributed by atoms with Crippen LogP contribution in [0, 0.1) is 0 Å². The van der Waals surface area contributed by atoms with Crippen molar-refractivity contribution in [3.05, 3.63) is 11.1 Å². The lowest BCUT2D eigenvalue weighted by molar-refractivity contribution is 0.740. The Hall–Kier alpha value is -0.480. The Morgan fingerprint density at radius 1 is 1.89 bits per heavy atom. The van der Waals surface area contributed by atoms with E-state index in [-0.39, 0.29) is 0 Å². The minimum Gasteiger partial charge on any atom is -0.330 e. The molecule has 0 saturated carbocycles. The van der Waals surface area contributed by atoms with Crippen LogP contribution in [0.5, 0.6) is 0 Å². The highest BCUT2D eigenvalue weighted by atomic mass is 32.1. The quantitative estimate of drug-likeness (QED) is 0.659. The van der Waals surface area contributed by atoms with Crippen molar-refractivity contribution in [2.24, 2.45) is 5.73 Å². The molecule has 1 aromatic heterocycles. The fourth-order valence-electron chi connectivity index (χ4n) is 0.507. The summed E-state index contributed by atoms with van der Waals surface area (Å²) in [5.41, 5.74) is 6.40. The molecule has 1 aromatic rings. The summed E-state index contributed by atoms with van der Waals surface area (Å²) < 4.78 is 3.73. The van der Waals surface area contributed by atoms with Crippen molar-refractivity contribution in [2.45, 2.75) is 12.8 Å². The first kappa shape index (κ1) is 6.64. The van der Waals surface area contributed by atoms with Gasteiger partial charge in [-0.2, -0.15) is 0 Å². The van der Waals surface area contributed by atoms with Crippen molar-refractivity contribution >= 4 is 11.5 Å². The van der Waals surface area contributed by atoms with Gasteiger partial charge in [0.15, 0.2) is 0 Å². The molecule has 0 aliphatic heterocycles. The van der Waals surface area contributed by atoms with Gasteiger partial charge in [-0.15, -0.1) is 5.10 Å². The number of hydrogen-bond acceptors (Lipinski definition) is 4. The third-order valence-corrected chi connectivity index (χ3v) is 1.76. The highest BCUT2D eigenvalue weighted by Gasteiger charge is 2.03. The Labute approximate surface area is 58.1 Å². The van der Waals surface area contributed by atoms with Crippen molar-refractivity contribution in [2.75, 3.05) is 6.54 Å². The van der Waals surface area contributed by atoms with Gasteiger partial charge in [-0.25, -0.2) is 0 Å². The molecular weight excluding hydrogens is 134 g/mol. The Kier molecular flexibility index (Phi) is 2.13. The molecule has 1 rings (SSSR count). The molecule has 0 saturated heterocycles. The molecular formula is C5H9N3S. The molecule has 50 valence electrons. The van der Waals surface area contributed by atoms with Crippen molar-refractivity contribution in [3.8, 4) is 0 Å². The standard InChI is InChI=1S/C5H9N3S/c1-4(2-6)5-3-9-8-7-5/h3-4H,2,6H2,1H3. The van der Waals surface area contributed by atoms with Gasteiger partial charge in [-0.1, -0.05) is 11.4 Å². The summed E-state index contributed by atoms with van der Waals surface area (Å²) in [6, 6.07) is 0. The van der Waals surface area contributed by atoms with E-state index in [4.69, 9.17) is 5.73 Å². The monoisotopic (exact) mass is 143 g/mol. The van der Waals surface area contributed by atoms with Gasteiger partial charge in [0.1, 0.15) is 0 Å². The zero-order valence-electron chi connectivity index (χ0n) is 5.24. The van der Waals surface area contributed by atoms with E-state index in [1.165, 1.54) is 11.5 Å². The Morgan fingerprint density at radius 2 is 2.67 bits per heavy atom. The molecule has 0 radical (unpaired) electrons. The van der Waals surface area contributed by atoms with Gasteiger partial charge in [0.25, 0.3) is 0 Å². The third kappa shape index (κ3) is 1.46. The minimum atomic E-state index is 0.351. The predicted octanol–water partition coefficient (Wildman–Crippen LogP) is 0.600. The van der Waals surface area contributed by atoms with Crippen LogP contribution in [0.25, 0.3) is 0 Å². The maximum atomic E-state index is 5.40. The Morgan fingerprint density at radius 3 is 3.11 bits per heavy atom. The average Bonchev–Trinajstić information content (AvgIpc) is 2.37. The number of hydrogen-bond donors (Lipinski definition) is 1. The lowest BCUT2D eigenvalue weighted by Crippen LogP contribution is -2.08. The van der Waals surface area contributed by atoms with E-state index < -0.39 is 0 Å². The molecule has 0 fully saturated rings. The summed E-state index contributed by atoms with van der Waals surface area (Å²) in [6.07, 6.45) is 0. The highest BCUT2D eigenvalue weighted by Crippen LogP contribution is 2.10. The van der Waals surface area contributed by atoms with Gasteiger partial charge in [-0.05, 0) is 11.5 Å². The van der Waals surface area contributed by atoms with Gasteiger partial charge in [0.05, 0.1) is 5.69 Å². The van der Waals surface area contributed by atoms with Crippen molar-refractivity contribution in [3.63, 3.8) is 0 Å². The van der Waals surface area contributed by atoms with E-state index in [2.05, 4.69) is 9.59 Å². The van der Waals surface area contributed by atoms with Crippen molar-refractivity contribution in [1.82, 2.24) is 9.59 Å². The van der Waals surface area contributed by atoms with Crippen LogP contribution < -0.4 is 5.73 Å². The SMILES string of the molecule is CC(CN)c1csnn1. The lowest BCUT2D eigenvalue weighted by atomic mass is 10.1. The molecule has 0 aromatic carbocycles. The Balaban J connectivity index is 2.65. The topological polar surface area (TPSA) is 51.8 Å². The molecule has 2 N–H and O–H groups in total. The first-order valence-corrected chi connectivity index (χ1v) is 3.65. The second-order valence-electron chi connectivity index (χ2n) is 1.97. The third-order valence-electron chi connectivity index (χ3n) is 1.24. The van der Waals surface area contributed by atoms with E-state index in [1.54, 1.807) is 0 Å². The van der Waals surface area contributed by atoms with Crippen LogP contribution in [-0.4, -0.2) is 16.1 Å². The number of nitrogens with zero attached hydrogens (tertiary/aromatic N) is 2. The maximum absolute atomic E-state index is 5.40. The van der Waals surface area contributed by atoms with Crippen LogP contribution in [-0.2, 0) is 0 Å². The summed E-state index contributed by atoms with van der Waals surface area (Å²) in [6.45, 7) is 2.68. The molecule has 4 heteroatoms. The van der Waals surface area contributed by atoms with Gasteiger partial charge >= 0.3 is 0 Å². The molecule has 1 unspecified atom stereocenters. The molecule has 0 spiro atoms. The normalized spacial score (nSPS) is 13.6. The van der Waals surface area contributed by atoms with Gasteiger partial charge in [0, 0.05) is 17.8 Å². The number of aromatic nitrogens is 2. The van der Waals surface area contributed by atoms with Gasteiger partial charge in [-0.3, -0.25) is 0 Å². The molecule has 0 aliphatic rings. The molecule has 9 heavy (non-hydrogen) atoms. The fourth-order valence-corrected chi connectivity index (χ4v) is 1.08. The van der Waals surface area contributed by atoms with E-state index in [0.717, 1.165) is 5.69 Å². The van der Waals surface area contributed by atoms with Crippen molar-refractivity contribution in [1.29, 1.82) is 0 Å². The molecule has 0 bridgehead atoms. The average molecular weight is 143 g/mol. The summed E-state index contributed by atoms with van der Waals surface area (Å²) >= 11 is 1.37. The summed E-state index contributed by atoms with van der Waals surface area (Å²) in [7, 11) is 0. The van der Waals surface area contributed by atoms with E-state index in [1.807, 2.05) is 12.3 Å². The lowest BCUT2D eigenvalue weighted by Gasteiger charge is -1.99. The predicted molar refractivity (Wildman–Crippen MR) is 37.4 cm³/mol. The molecule has 3 nitrogen and oxygen atoms in total. The first-order valence-electron chi connectivity index (χ1n) is 2.81.